The van der Waals surface area contributed by atoms with Gasteiger partial charge in [-0.25, -0.2) is 0 Å². The molecule has 2 aromatic rings. The van der Waals surface area contributed by atoms with Crippen LogP contribution in [0, 0.1) is 0 Å². The average molecular weight is 227 g/mol. The summed E-state index contributed by atoms with van der Waals surface area (Å²) in [6, 6.07) is 15.8. The lowest BCUT2D eigenvalue weighted by Crippen LogP contribution is -2.11. The van der Waals surface area contributed by atoms with Crippen molar-refractivity contribution in [2.75, 3.05) is 19.0 Å². The Hall–Kier alpha value is -1.96. The molecule has 0 amide bonds. The monoisotopic (exact) mass is 227 g/mol. The van der Waals surface area contributed by atoms with E-state index in [9.17, 15) is 5.11 Å². The van der Waals surface area contributed by atoms with Crippen molar-refractivity contribution in [1.29, 1.82) is 0 Å². The highest BCUT2D eigenvalue weighted by atomic mass is 16.3. The van der Waals surface area contributed by atoms with Crippen molar-refractivity contribution < 1.29 is 5.11 Å². The first-order valence-electron chi connectivity index (χ1n) is 5.70. The molecule has 0 aromatic heterocycles. The first kappa shape index (κ1) is 11.5. The van der Waals surface area contributed by atoms with Crippen molar-refractivity contribution in [1.82, 2.24) is 0 Å². The summed E-state index contributed by atoms with van der Waals surface area (Å²) >= 11 is 0. The SMILES string of the molecule is CN(C)c1ccccc1Cc1ccc(O)cc1. The predicted octanol–water partition coefficient (Wildman–Crippen LogP) is 3.05. The van der Waals surface area contributed by atoms with E-state index < -0.39 is 0 Å². The Balaban J connectivity index is 2.26. The van der Waals surface area contributed by atoms with Crippen molar-refractivity contribution in [2.24, 2.45) is 0 Å². The third-order valence-electron chi connectivity index (χ3n) is 2.80. The molecule has 2 nitrogen and oxygen atoms in total. The maximum atomic E-state index is 9.26. The highest BCUT2D eigenvalue weighted by Crippen LogP contribution is 2.22. The van der Waals surface area contributed by atoms with Crippen LogP contribution in [0.25, 0.3) is 0 Å². The number of benzene rings is 2. The summed E-state index contributed by atoms with van der Waals surface area (Å²) in [4.78, 5) is 2.12. The van der Waals surface area contributed by atoms with Gasteiger partial charge in [0.1, 0.15) is 5.75 Å². The second kappa shape index (κ2) is 4.91. The van der Waals surface area contributed by atoms with Crippen LogP contribution in [0.1, 0.15) is 11.1 Å². The van der Waals surface area contributed by atoms with Gasteiger partial charge in [-0.1, -0.05) is 30.3 Å². The molecule has 0 saturated heterocycles. The summed E-state index contributed by atoms with van der Waals surface area (Å²) in [6.07, 6.45) is 0.884. The van der Waals surface area contributed by atoms with Gasteiger partial charge >= 0.3 is 0 Å². The number of aromatic hydroxyl groups is 1. The van der Waals surface area contributed by atoms with Crippen LogP contribution in [0.15, 0.2) is 48.5 Å². The largest absolute Gasteiger partial charge is 0.508 e. The van der Waals surface area contributed by atoms with Gasteiger partial charge in [-0.2, -0.15) is 0 Å². The Labute approximate surface area is 102 Å². The fourth-order valence-corrected chi connectivity index (χ4v) is 1.93. The zero-order valence-corrected chi connectivity index (χ0v) is 10.2. The third kappa shape index (κ3) is 2.78. The third-order valence-corrected chi connectivity index (χ3v) is 2.80. The molecule has 0 spiro atoms. The predicted molar refractivity (Wildman–Crippen MR) is 71.7 cm³/mol. The Morgan fingerprint density at radius 1 is 0.941 bits per heavy atom. The first-order chi connectivity index (χ1) is 8.16. The van der Waals surface area contributed by atoms with E-state index in [0.29, 0.717) is 5.75 Å². The van der Waals surface area contributed by atoms with Crippen LogP contribution in [-0.2, 0) is 6.42 Å². The molecule has 0 aliphatic heterocycles. The van der Waals surface area contributed by atoms with Crippen molar-refractivity contribution in [3.63, 3.8) is 0 Å². The Kier molecular flexibility index (Phi) is 3.33. The Morgan fingerprint density at radius 2 is 1.59 bits per heavy atom. The summed E-state index contributed by atoms with van der Waals surface area (Å²) in [6.45, 7) is 0. The molecule has 0 fully saturated rings. The Morgan fingerprint density at radius 3 is 2.24 bits per heavy atom. The van der Waals surface area contributed by atoms with Gasteiger partial charge in [-0.15, -0.1) is 0 Å². The summed E-state index contributed by atoms with van der Waals surface area (Å²) < 4.78 is 0. The number of phenols is 1. The van der Waals surface area contributed by atoms with Gasteiger partial charge in [-0.3, -0.25) is 0 Å². The van der Waals surface area contributed by atoms with Crippen LogP contribution in [-0.4, -0.2) is 19.2 Å². The van der Waals surface area contributed by atoms with E-state index in [1.807, 2.05) is 12.1 Å². The summed E-state index contributed by atoms with van der Waals surface area (Å²) in [5.41, 5.74) is 3.74. The molecular formula is C15H17NO. The van der Waals surface area contributed by atoms with E-state index in [1.54, 1.807) is 12.1 Å². The molecule has 17 heavy (non-hydrogen) atoms. The lowest BCUT2D eigenvalue weighted by atomic mass is 10.0. The second-order valence-corrected chi connectivity index (χ2v) is 4.37. The molecule has 2 rings (SSSR count). The van der Waals surface area contributed by atoms with Gasteiger partial charge in [0, 0.05) is 19.8 Å². The fraction of sp³-hybridized carbons (Fsp3) is 0.200. The summed E-state index contributed by atoms with van der Waals surface area (Å²) in [5.74, 6) is 0.314. The Bertz CT molecular complexity index is 489. The van der Waals surface area contributed by atoms with Gasteiger partial charge in [0.05, 0.1) is 0 Å². The second-order valence-electron chi connectivity index (χ2n) is 4.37. The highest BCUT2D eigenvalue weighted by Gasteiger charge is 2.04. The molecule has 0 aliphatic carbocycles. The minimum atomic E-state index is 0.314. The van der Waals surface area contributed by atoms with E-state index in [0.717, 1.165) is 6.42 Å². The minimum Gasteiger partial charge on any atom is -0.508 e. The van der Waals surface area contributed by atoms with E-state index in [1.165, 1.54) is 16.8 Å². The van der Waals surface area contributed by atoms with Gasteiger partial charge in [0.15, 0.2) is 0 Å². The smallest absolute Gasteiger partial charge is 0.115 e. The van der Waals surface area contributed by atoms with Crippen LogP contribution in [0.3, 0.4) is 0 Å². The van der Waals surface area contributed by atoms with Crippen molar-refractivity contribution >= 4 is 5.69 Å². The van der Waals surface area contributed by atoms with E-state index in [-0.39, 0.29) is 0 Å². The lowest BCUT2D eigenvalue weighted by molar-refractivity contribution is 0.475. The van der Waals surface area contributed by atoms with Crippen LogP contribution < -0.4 is 4.90 Å². The zero-order chi connectivity index (χ0) is 12.3. The van der Waals surface area contributed by atoms with E-state index >= 15 is 0 Å². The maximum Gasteiger partial charge on any atom is 0.115 e. The zero-order valence-electron chi connectivity index (χ0n) is 10.2. The molecule has 0 radical (unpaired) electrons. The number of anilines is 1. The molecule has 1 N–H and O–H groups in total. The number of rotatable bonds is 3. The topological polar surface area (TPSA) is 23.5 Å². The number of para-hydroxylation sites is 1. The summed E-state index contributed by atoms with van der Waals surface area (Å²) in [7, 11) is 4.10. The first-order valence-corrected chi connectivity index (χ1v) is 5.70. The fourth-order valence-electron chi connectivity index (χ4n) is 1.93. The lowest BCUT2D eigenvalue weighted by Gasteiger charge is -2.17. The van der Waals surface area contributed by atoms with Gasteiger partial charge < -0.3 is 10.0 Å². The van der Waals surface area contributed by atoms with Crippen LogP contribution in [0.5, 0.6) is 5.75 Å². The molecule has 0 saturated carbocycles. The average Bonchev–Trinajstić information content (AvgIpc) is 2.32. The van der Waals surface area contributed by atoms with Gasteiger partial charge in [-0.05, 0) is 35.7 Å². The quantitative estimate of drug-likeness (QED) is 0.871. The van der Waals surface area contributed by atoms with Crippen molar-refractivity contribution in [2.45, 2.75) is 6.42 Å². The number of hydrogen-bond acceptors (Lipinski definition) is 2. The molecule has 0 unspecified atom stereocenters. The molecule has 88 valence electrons. The van der Waals surface area contributed by atoms with Crippen molar-refractivity contribution in [3.8, 4) is 5.75 Å². The van der Waals surface area contributed by atoms with Gasteiger partial charge in [0.25, 0.3) is 0 Å². The number of phenolic OH excluding ortho intramolecular Hbond substituents is 1. The number of hydrogen-bond donors (Lipinski definition) is 1. The molecule has 2 heteroatoms. The molecule has 0 bridgehead atoms. The molecule has 0 heterocycles. The van der Waals surface area contributed by atoms with Crippen LogP contribution in [0.2, 0.25) is 0 Å². The standard InChI is InChI=1S/C15H17NO/c1-16(2)15-6-4-3-5-13(15)11-12-7-9-14(17)10-8-12/h3-10,17H,11H2,1-2H3. The number of nitrogens with zero attached hydrogens (tertiary/aromatic N) is 1. The normalized spacial score (nSPS) is 10.2. The molecule has 0 atom stereocenters. The van der Waals surface area contributed by atoms with Crippen LogP contribution >= 0.6 is 0 Å². The molecule has 2 aromatic carbocycles. The highest BCUT2D eigenvalue weighted by molar-refractivity contribution is 5.54. The van der Waals surface area contributed by atoms with E-state index in [4.69, 9.17) is 0 Å². The van der Waals surface area contributed by atoms with Crippen LogP contribution in [0.4, 0.5) is 5.69 Å². The maximum absolute atomic E-state index is 9.26. The molecular weight excluding hydrogens is 210 g/mol. The molecule has 0 aliphatic rings. The summed E-state index contributed by atoms with van der Waals surface area (Å²) in [5, 5.41) is 9.26. The van der Waals surface area contributed by atoms with E-state index in [2.05, 4.69) is 43.3 Å². The van der Waals surface area contributed by atoms with Gasteiger partial charge in [0.2, 0.25) is 0 Å². The van der Waals surface area contributed by atoms with Crippen molar-refractivity contribution in [3.05, 3.63) is 59.7 Å². The minimum absolute atomic E-state index is 0.314.